The molecule has 4 aromatic rings. The Morgan fingerprint density at radius 3 is 2.52 bits per heavy atom. The molecule has 0 aliphatic rings. The number of fused-ring (bicyclic) bond motifs is 1. The molecular weight excluding hydrogens is 410 g/mol. The minimum Gasteiger partial charge on any atom is -0.338 e. The third-order valence-corrected chi connectivity index (χ3v) is 5.87. The van der Waals surface area contributed by atoms with Crippen LogP contribution in [0.15, 0.2) is 71.6 Å². The van der Waals surface area contributed by atoms with Gasteiger partial charge in [-0.15, -0.1) is 0 Å². The molecule has 6 nitrogen and oxygen atoms in total. The summed E-state index contributed by atoms with van der Waals surface area (Å²) in [5.74, 6) is 0.0992. The summed E-state index contributed by atoms with van der Waals surface area (Å²) in [5.41, 5.74) is 3.00. The highest BCUT2D eigenvalue weighted by Crippen LogP contribution is 2.29. The van der Waals surface area contributed by atoms with Gasteiger partial charge in [-0.1, -0.05) is 35.9 Å². The highest BCUT2D eigenvalue weighted by Gasteiger charge is 2.18. The molecule has 2 N–H and O–H groups in total. The zero-order valence-electron chi connectivity index (χ0n) is 15.3. The molecule has 0 aliphatic heterocycles. The number of imidazole rings is 1. The lowest BCUT2D eigenvalue weighted by Gasteiger charge is -2.11. The van der Waals surface area contributed by atoms with E-state index in [1.165, 1.54) is 18.2 Å². The second-order valence-corrected chi connectivity index (χ2v) is 8.94. The van der Waals surface area contributed by atoms with E-state index in [1.807, 2.05) is 36.4 Å². The molecule has 4 rings (SSSR count). The van der Waals surface area contributed by atoms with Gasteiger partial charge in [0, 0.05) is 11.8 Å². The molecule has 1 heterocycles. The van der Waals surface area contributed by atoms with Crippen LogP contribution in [0.4, 0.5) is 5.69 Å². The third-order valence-electron chi connectivity index (χ3n) is 4.43. The molecule has 0 saturated heterocycles. The number of anilines is 1. The van der Waals surface area contributed by atoms with Crippen LogP contribution in [0.25, 0.3) is 22.4 Å². The maximum atomic E-state index is 12.8. The normalized spacial score (nSPS) is 11.5. The van der Waals surface area contributed by atoms with Gasteiger partial charge in [-0.3, -0.25) is 4.79 Å². The summed E-state index contributed by atoms with van der Waals surface area (Å²) < 4.78 is 23.6. The summed E-state index contributed by atoms with van der Waals surface area (Å²) in [6.07, 6.45) is 1.08. The minimum absolute atomic E-state index is 0.0256. The van der Waals surface area contributed by atoms with Gasteiger partial charge < -0.3 is 10.3 Å². The molecule has 0 aliphatic carbocycles. The smallest absolute Gasteiger partial charge is 0.257 e. The number of sulfone groups is 1. The minimum atomic E-state index is -3.47. The first-order valence-corrected chi connectivity index (χ1v) is 10.9. The fraction of sp³-hybridized carbons (Fsp3) is 0.0476. The van der Waals surface area contributed by atoms with Crippen LogP contribution in [-0.4, -0.2) is 30.5 Å². The van der Waals surface area contributed by atoms with Crippen molar-refractivity contribution in [1.82, 2.24) is 9.97 Å². The highest BCUT2D eigenvalue weighted by atomic mass is 35.5. The van der Waals surface area contributed by atoms with Crippen molar-refractivity contribution in [2.45, 2.75) is 4.90 Å². The van der Waals surface area contributed by atoms with Gasteiger partial charge in [0.05, 0.1) is 32.2 Å². The van der Waals surface area contributed by atoms with E-state index in [4.69, 9.17) is 11.6 Å². The Morgan fingerprint density at radius 2 is 1.76 bits per heavy atom. The van der Waals surface area contributed by atoms with Crippen molar-refractivity contribution in [3.8, 4) is 11.4 Å². The van der Waals surface area contributed by atoms with Crippen LogP contribution in [0.5, 0.6) is 0 Å². The van der Waals surface area contributed by atoms with Gasteiger partial charge in [0.15, 0.2) is 9.84 Å². The maximum absolute atomic E-state index is 12.8. The van der Waals surface area contributed by atoms with E-state index in [-0.39, 0.29) is 15.5 Å². The second-order valence-electron chi connectivity index (χ2n) is 6.52. The summed E-state index contributed by atoms with van der Waals surface area (Å²) in [4.78, 5) is 20.7. The van der Waals surface area contributed by atoms with E-state index in [0.29, 0.717) is 17.1 Å². The number of benzene rings is 3. The summed E-state index contributed by atoms with van der Waals surface area (Å²) in [6.45, 7) is 0. The Hall–Kier alpha value is -3.16. The molecule has 0 atom stereocenters. The lowest BCUT2D eigenvalue weighted by molar-refractivity contribution is 0.102. The lowest BCUT2D eigenvalue weighted by Crippen LogP contribution is -2.14. The Balaban J connectivity index is 1.72. The molecule has 0 radical (unpaired) electrons. The Kier molecular flexibility index (Phi) is 4.86. The zero-order valence-corrected chi connectivity index (χ0v) is 16.9. The van der Waals surface area contributed by atoms with Crippen LogP contribution in [0, 0.1) is 0 Å². The summed E-state index contributed by atoms with van der Waals surface area (Å²) >= 11 is 6.14. The van der Waals surface area contributed by atoms with Crippen LogP contribution in [0.3, 0.4) is 0 Å². The summed E-state index contributed by atoms with van der Waals surface area (Å²) in [5, 5.41) is 2.97. The number of carbonyl (C=O) groups excluding carboxylic acids is 1. The Bertz CT molecular complexity index is 1310. The highest BCUT2D eigenvalue weighted by molar-refractivity contribution is 7.90. The van der Waals surface area contributed by atoms with Crippen LogP contribution in [0.1, 0.15) is 10.4 Å². The molecule has 1 aromatic heterocycles. The number of hydrogen-bond donors (Lipinski definition) is 2. The standard InChI is InChI=1S/C21H16ClN3O3S/c1-29(27,28)13-10-11-16(22)15(12-13)21(26)25-17-7-3-2-6-14(17)20-23-18-8-4-5-9-19(18)24-20/h2-12H,1H3,(H,23,24)(H,25,26). The SMILES string of the molecule is CS(=O)(=O)c1ccc(Cl)c(C(=O)Nc2ccccc2-c2nc3ccccc3[nH]2)c1. The fourth-order valence-electron chi connectivity index (χ4n) is 2.98. The van der Waals surface area contributed by atoms with E-state index >= 15 is 0 Å². The van der Waals surface area contributed by atoms with Gasteiger partial charge in [0.25, 0.3) is 5.91 Å². The molecule has 3 aromatic carbocycles. The average Bonchev–Trinajstić information content (AvgIpc) is 3.11. The molecule has 1 amide bonds. The summed E-state index contributed by atoms with van der Waals surface area (Å²) in [6, 6.07) is 18.9. The topological polar surface area (TPSA) is 91.9 Å². The van der Waals surface area contributed by atoms with Crippen LogP contribution in [-0.2, 0) is 9.84 Å². The molecule has 29 heavy (non-hydrogen) atoms. The lowest BCUT2D eigenvalue weighted by atomic mass is 10.1. The second kappa shape index (κ2) is 7.35. The zero-order chi connectivity index (χ0) is 20.6. The monoisotopic (exact) mass is 425 g/mol. The molecule has 0 unspecified atom stereocenters. The number of nitrogens with zero attached hydrogens (tertiary/aromatic N) is 1. The van der Waals surface area contributed by atoms with E-state index in [9.17, 15) is 13.2 Å². The van der Waals surface area contributed by atoms with Crippen molar-refractivity contribution < 1.29 is 13.2 Å². The number of aromatic amines is 1. The number of amides is 1. The number of halogens is 1. The van der Waals surface area contributed by atoms with Crippen LogP contribution < -0.4 is 5.32 Å². The van der Waals surface area contributed by atoms with E-state index in [0.717, 1.165) is 17.3 Å². The summed E-state index contributed by atoms with van der Waals surface area (Å²) in [7, 11) is -3.47. The van der Waals surface area contributed by atoms with Crippen LogP contribution in [0.2, 0.25) is 5.02 Å². The predicted molar refractivity (Wildman–Crippen MR) is 114 cm³/mol. The van der Waals surface area contributed by atoms with Crippen LogP contribution >= 0.6 is 11.6 Å². The average molecular weight is 426 g/mol. The van der Waals surface area contributed by atoms with Gasteiger partial charge >= 0.3 is 0 Å². The number of carbonyl (C=O) groups is 1. The van der Waals surface area contributed by atoms with Crippen molar-refractivity contribution in [1.29, 1.82) is 0 Å². The first-order valence-electron chi connectivity index (χ1n) is 8.68. The van der Waals surface area contributed by atoms with Gasteiger partial charge in [-0.05, 0) is 42.5 Å². The van der Waals surface area contributed by atoms with E-state index in [1.54, 1.807) is 12.1 Å². The first kappa shape index (κ1) is 19.2. The fourth-order valence-corrected chi connectivity index (χ4v) is 3.83. The first-order chi connectivity index (χ1) is 13.8. The quantitative estimate of drug-likeness (QED) is 0.502. The van der Waals surface area contributed by atoms with Gasteiger partial charge in [-0.2, -0.15) is 0 Å². The van der Waals surface area contributed by atoms with Gasteiger partial charge in [0.1, 0.15) is 5.82 Å². The molecule has 8 heteroatoms. The molecule has 0 saturated carbocycles. The van der Waals surface area contributed by atoms with Crippen molar-refractivity contribution in [2.24, 2.45) is 0 Å². The van der Waals surface area contributed by atoms with Gasteiger partial charge in [0.2, 0.25) is 0 Å². The number of H-pyrrole nitrogens is 1. The number of rotatable bonds is 4. The number of para-hydroxylation sites is 3. The predicted octanol–water partition coefficient (Wildman–Crippen LogP) is 4.54. The molecule has 0 bridgehead atoms. The maximum Gasteiger partial charge on any atom is 0.257 e. The van der Waals surface area contributed by atoms with E-state index < -0.39 is 15.7 Å². The van der Waals surface area contributed by atoms with Crippen molar-refractivity contribution in [2.75, 3.05) is 11.6 Å². The number of nitrogens with one attached hydrogen (secondary N) is 2. The number of aromatic nitrogens is 2. The van der Waals surface area contributed by atoms with Crippen molar-refractivity contribution >= 4 is 44.1 Å². The molecule has 146 valence electrons. The Morgan fingerprint density at radius 1 is 1.03 bits per heavy atom. The number of hydrogen-bond acceptors (Lipinski definition) is 4. The van der Waals surface area contributed by atoms with Crippen molar-refractivity contribution in [3.63, 3.8) is 0 Å². The van der Waals surface area contributed by atoms with Gasteiger partial charge in [-0.25, -0.2) is 13.4 Å². The molecule has 0 spiro atoms. The molecular formula is C21H16ClN3O3S. The largest absolute Gasteiger partial charge is 0.338 e. The third kappa shape index (κ3) is 3.87. The molecule has 0 fully saturated rings. The van der Waals surface area contributed by atoms with E-state index in [2.05, 4.69) is 15.3 Å². The Labute approximate surface area is 172 Å². The van der Waals surface area contributed by atoms with Crippen molar-refractivity contribution in [3.05, 3.63) is 77.3 Å².